The maximum Gasteiger partial charge on any atom is 0.198 e. The Morgan fingerprint density at radius 1 is 0.698 bits per heavy atom. The van der Waals surface area contributed by atoms with Gasteiger partial charge in [0, 0.05) is 49.5 Å². The molecule has 0 saturated carbocycles. The van der Waals surface area contributed by atoms with Gasteiger partial charge in [0.1, 0.15) is 11.8 Å². The maximum atomic E-state index is 11.8. The summed E-state index contributed by atoms with van der Waals surface area (Å²) in [5, 5.41) is 21.7. The predicted molar refractivity (Wildman–Crippen MR) is 208 cm³/mol. The second-order valence-electron chi connectivity index (χ2n) is 15.0. The van der Waals surface area contributed by atoms with Crippen molar-refractivity contribution in [3.05, 3.63) is 137 Å². The summed E-state index contributed by atoms with van der Waals surface area (Å²) >= 11 is 0. The molecule has 7 rings (SSSR count). The third kappa shape index (κ3) is 7.02. The minimum Gasteiger partial charge on any atom is -0.508 e. The average Bonchev–Trinajstić information content (AvgIpc) is 3.58. The molecular weight excluding hydrogens is 836 g/mol. The van der Waals surface area contributed by atoms with Crippen molar-refractivity contribution in [2.75, 3.05) is 0 Å². The Morgan fingerprint density at radius 2 is 1.36 bits per heavy atom. The molecular formula is C45H37N6OPt-. The van der Waals surface area contributed by atoms with E-state index in [1.54, 1.807) is 6.20 Å². The number of rotatable bonds is 5. The maximum absolute atomic E-state index is 11.8. The summed E-state index contributed by atoms with van der Waals surface area (Å²) in [6, 6.07) is 35.9. The standard InChI is InChI=1S/C45H37N6O.Pt/c1-44(2,3)34-23-33(42(52)39(41(34)47-7)45(4,5)6)43-50-35-20-14-19-31(40(35)51-43)36-21-29(27-15-10-8-11-16-27)22-38(49-36)37-24-32(30(25-46)26-48-37)28-17-12-9-13-18-28;/h8-24,26H,1-6H3,(H-,48,49,50,51,52);/q-1;. The van der Waals surface area contributed by atoms with Gasteiger partial charge in [0.15, 0.2) is 5.69 Å². The van der Waals surface area contributed by atoms with E-state index in [1.807, 2.05) is 112 Å². The molecule has 0 aliphatic heterocycles. The summed E-state index contributed by atoms with van der Waals surface area (Å²) < 4.78 is 0. The summed E-state index contributed by atoms with van der Waals surface area (Å²) in [7, 11) is 0. The smallest absolute Gasteiger partial charge is 0.198 e. The molecule has 53 heavy (non-hydrogen) atoms. The Morgan fingerprint density at radius 3 is 1.98 bits per heavy atom. The molecule has 0 bridgehead atoms. The second-order valence-corrected chi connectivity index (χ2v) is 15.0. The molecule has 1 N–H and O–H groups in total. The zero-order chi connectivity index (χ0) is 36.8. The van der Waals surface area contributed by atoms with Crippen molar-refractivity contribution < 1.29 is 26.2 Å². The molecule has 0 aliphatic rings. The number of para-hydroxylation sites is 1. The molecule has 3 heterocycles. The van der Waals surface area contributed by atoms with Crippen molar-refractivity contribution >= 4 is 16.7 Å². The van der Waals surface area contributed by atoms with Crippen LogP contribution in [-0.2, 0) is 31.9 Å². The number of imidazole rings is 1. The van der Waals surface area contributed by atoms with E-state index in [1.165, 1.54) is 0 Å². The van der Waals surface area contributed by atoms with Crippen LogP contribution in [0.2, 0.25) is 0 Å². The Hall–Kier alpha value is -5.88. The van der Waals surface area contributed by atoms with Gasteiger partial charge in [-0.15, -0.1) is 0 Å². The summed E-state index contributed by atoms with van der Waals surface area (Å²) in [6.45, 7) is 20.3. The van der Waals surface area contributed by atoms with E-state index in [0.29, 0.717) is 56.3 Å². The van der Waals surface area contributed by atoms with E-state index >= 15 is 0 Å². The van der Waals surface area contributed by atoms with Crippen molar-refractivity contribution in [3.63, 3.8) is 0 Å². The number of aromatic hydroxyl groups is 1. The van der Waals surface area contributed by atoms with Crippen molar-refractivity contribution in [1.29, 1.82) is 5.26 Å². The summed E-state index contributed by atoms with van der Waals surface area (Å²) in [4.78, 5) is 23.8. The second kappa shape index (κ2) is 14.3. The molecule has 0 amide bonds. The van der Waals surface area contributed by atoms with Crippen molar-refractivity contribution in [3.8, 4) is 68.1 Å². The van der Waals surface area contributed by atoms with E-state index in [9.17, 15) is 10.4 Å². The SMILES string of the molecule is [C-]#[N+]c1c(C(C)(C)C)cc(-c2nc3cccc(-c4cc(-c5ccccc5)cc(-c5cc(-c6ccccc6)c(C#N)cn5)n4)c3[n-]2)c(O)c1C(C)(C)C.[Pt]. The quantitative estimate of drug-likeness (QED) is 0.173. The molecule has 0 atom stereocenters. The molecule has 7 aromatic rings. The molecule has 4 aromatic carbocycles. The summed E-state index contributed by atoms with van der Waals surface area (Å²) in [5.74, 6) is 0.407. The van der Waals surface area contributed by atoms with Gasteiger partial charge in [-0.1, -0.05) is 126 Å². The van der Waals surface area contributed by atoms with E-state index < -0.39 is 5.41 Å². The number of phenolic OH excluding ortho intramolecular Hbond substituents is 1. The first kappa shape index (κ1) is 36.9. The van der Waals surface area contributed by atoms with Crippen molar-refractivity contribution in [2.24, 2.45) is 0 Å². The fraction of sp³-hybridized carbons (Fsp3) is 0.178. The van der Waals surface area contributed by atoms with Gasteiger partial charge in [-0.25, -0.2) is 9.83 Å². The zero-order valence-corrected chi connectivity index (χ0v) is 32.6. The van der Waals surface area contributed by atoms with Crippen LogP contribution in [0.1, 0.15) is 58.2 Å². The molecule has 8 heteroatoms. The number of pyridine rings is 2. The van der Waals surface area contributed by atoms with Gasteiger partial charge < -0.3 is 15.1 Å². The largest absolute Gasteiger partial charge is 0.508 e. The van der Waals surface area contributed by atoms with Crippen LogP contribution in [-0.4, -0.2) is 20.1 Å². The number of benzene rings is 4. The first-order valence-electron chi connectivity index (χ1n) is 17.1. The predicted octanol–water partition coefficient (Wildman–Crippen LogP) is 11.0. The third-order valence-electron chi connectivity index (χ3n) is 9.22. The molecule has 264 valence electrons. The van der Waals surface area contributed by atoms with Crippen LogP contribution < -0.4 is 4.98 Å². The van der Waals surface area contributed by atoms with E-state index in [4.69, 9.17) is 26.5 Å². The molecule has 0 spiro atoms. The van der Waals surface area contributed by atoms with Crippen LogP contribution in [0.15, 0.2) is 109 Å². The number of fused-ring (bicyclic) bond motifs is 1. The van der Waals surface area contributed by atoms with Crippen LogP contribution in [0.4, 0.5) is 5.69 Å². The minimum atomic E-state index is -0.505. The molecule has 0 radical (unpaired) electrons. The molecule has 0 saturated heterocycles. The normalized spacial score (nSPS) is 11.5. The molecule has 3 aromatic heterocycles. The Kier molecular flexibility index (Phi) is 9.93. The number of nitriles is 1. The number of phenols is 1. The van der Waals surface area contributed by atoms with Crippen LogP contribution in [0.3, 0.4) is 0 Å². The minimum absolute atomic E-state index is 0. The van der Waals surface area contributed by atoms with Gasteiger partial charge in [-0.3, -0.25) is 4.98 Å². The van der Waals surface area contributed by atoms with E-state index in [0.717, 1.165) is 33.4 Å². The van der Waals surface area contributed by atoms with Crippen LogP contribution in [0.25, 0.3) is 72.2 Å². The monoisotopic (exact) mass is 872 g/mol. The van der Waals surface area contributed by atoms with Gasteiger partial charge >= 0.3 is 0 Å². The molecule has 7 nitrogen and oxygen atoms in total. The van der Waals surface area contributed by atoms with Gasteiger partial charge in [0.2, 0.25) is 0 Å². The number of nitrogens with zero attached hydrogens (tertiary/aromatic N) is 6. The Balaban J connectivity index is 0.00000481. The fourth-order valence-corrected chi connectivity index (χ4v) is 6.68. The Bertz CT molecular complexity index is 2570. The van der Waals surface area contributed by atoms with Crippen LogP contribution >= 0.6 is 0 Å². The van der Waals surface area contributed by atoms with Gasteiger partial charge in [0.05, 0.1) is 29.2 Å². The number of aromatic nitrogens is 4. The zero-order valence-electron chi connectivity index (χ0n) is 30.3. The third-order valence-corrected chi connectivity index (χ3v) is 9.22. The average molecular weight is 873 g/mol. The van der Waals surface area contributed by atoms with E-state index in [2.05, 4.69) is 43.8 Å². The topological polar surface area (TPSA) is 101 Å². The summed E-state index contributed by atoms with van der Waals surface area (Å²) in [5.41, 5.74) is 9.69. The van der Waals surface area contributed by atoms with Crippen LogP contribution in [0, 0.1) is 17.9 Å². The van der Waals surface area contributed by atoms with Crippen molar-refractivity contribution in [1.82, 2.24) is 19.9 Å². The summed E-state index contributed by atoms with van der Waals surface area (Å²) in [6.07, 6.45) is 1.60. The number of hydrogen-bond acceptors (Lipinski definition) is 5. The first-order valence-corrected chi connectivity index (χ1v) is 17.1. The van der Waals surface area contributed by atoms with Crippen molar-refractivity contribution in [2.45, 2.75) is 52.4 Å². The Labute approximate surface area is 324 Å². The molecule has 0 unspecified atom stereocenters. The van der Waals surface area contributed by atoms with Gasteiger partial charge in [-0.05, 0) is 68.1 Å². The number of hydrogen-bond donors (Lipinski definition) is 1. The molecule has 0 aliphatic carbocycles. The van der Waals surface area contributed by atoms with Gasteiger partial charge in [0.25, 0.3) is 0 Å². The van der Waals surface area contributed by atoms with Gasteiger partial charge in [-0.2, -0.15) is 5.26 Å². The van der Waals surface area contributed by atoms with Crippen LogP contribution in [0.5, 0.6) is 5.75 Å². The molecule has 0 fully saturated rings. The first-order chi connectivity index (χ1) is 24.9. The fourth-order valence-electron chi connectivity index (χ4n) is 6.68. The van der Waals surface area contributed by atoms with E-state index in [-0.39, 0.29) is 32.2 Å².